The Morgan fingerprint density at radius 2 is 2.18 bits per heavy atom. The molecule has 2 aromatic rings. The van der Waals surface area contributed by atoms with Crippen LogP contribution < -0.4 is 5.73 Å². The molecule has 0 aliphatic carbocycles. The standard InChI is InChI=1S/C12H13F2N3/c1-17-12(15)10(7-16-17)9-4-2-3-8(5-9)6-11(13)14/h2-5,7,11H,6,15H2,1H3. The molecule has 0 atom stereocenters. The van der Waals surface area contributed by atoms with Gasteiger partial charge in [-0.05, 0) is 11.1 Å². The summed E-state index contributed by atoms with van der Waals surface area (Å²) in [7, 11) is 1.74. The minimum atomic E-state index is -2.34. The minimum absolute atomic E-state index is 0.242. The molecule has 0 spiro atoms. The summed E-state index contributed by atoms with van der Waals surface area (Å²) >= 11 is 0. The number of benzene rings is 1. The molecule has 0 saturated heterocycles. The van der Waals surface area contributed by atoms with Crippen molar-refractivity contribution in [1.82, 2.24) is 9.78 Å². The van der Waals surface area contributed by atoms with Gasteiger partial charge in [-0.1, -0.05) is 24.3 Å². The van der Waals surface area contributed by atoms with Crippen LogP contribution in [0.15, 0.2) is 30.5 Å². The van der Waals surface area contributed by atoms with E-state index in [1.165, 1.54) is 0 Å². The van der Waals surface area contributed by atoms with Crippen molar-refractivity contribution < 1.29 is 8.78 Å². The quantitative estimate of drug-likeness (QED) is 0.891. The Hall–Kier alpha value is -1.91. The lowest BCUT2D eigenvalue weighted by molar-refractivity contribution is 0.149. The molecule has 90 valence electrons. The molecule has 1 aromatic heterocycles. The van der Waals surface area contributed by atoms with E-state index in [0.717, 1.165) is 11.1 Å². The molecule has 0 bridgehead atoms. The molecule has 0 amide bonds. The van der Waals surface area contributed by atoms with Crippen LogP contribution in [-0.2, 0) is 13.5 Å². The van der Waals surface area contributed by atoms with E-state index in [1.54, 1.807) is 36.1 Å². The zero-order valence-corrected chi connectivity index (χ0v) is 9.40. The molecule has 2 rings (SSSR count). The average molecular weight is 237 g/mol. The number of hydrogen-bond donors (Lipinski definition) is 1. The number of aromatic nitrogens is 2. The minimum Gasteiger partial charge on any atom is -0.383 e. The molecule has 0 aliphatic heterocycles. The first-order valence-electron chi connectivity index (χ1n) is 5.23. The second-order valence-corrected chi connectivity index (χ2v) is 3.86. The van der Waals surface area contributed by atoms with Crippen LogP contribution >= 0.6 is 0 Å². The van der Waals surface area contributed by atoms with Gasteiger partial charge in [-0.25, -0.2) is 8.78 Å². The lowest BCUT2D eigenvalue weighted by atomic mass is 10.0. The van der Waals surface area contributed by atoms with Crippen molar-refractivity contribution in [3.05, 3.63) is 36.0 Å². The van der Waals surface area contributed by atoms with Gasteiger partial charge in [-0.2, -0.15) is 5.10 Å². The molecule has 0 fully saturated rings. The largest absolute Gasteiger partial charge is 0.383 e. The number of rotatable bonds is 3. The smallest absolute Gasteiger partial charge is 0.242 e. The van der Waals surface area contributed by atoms with E-state index in [0.29, 0.717) is 11.4 Å². The molecule has 5 heteroatoms. The first-order chi connectivity index (χ1) is 8.08. The highest BCUT2D eigenvalue weighted by Crippen LogP contribution is 2.26. The zero-order chi connectivity index (χ0) is 12.4. The van der Waals surface area contributed by atoms with Gasteiger partial charge < -0.3 is 5.73 Å². The van der Waals surface area contributed by atoms with Crippen LogP contribution in [0.1, 0.15) is 5.56 Å². The van der Waals surface area contributed by atoms with Gasteiger partial charge in [0, 0.05) is 19.0 Å². The maximum Gasteiger partial charge on any atom is 0.242 e. The number of halogens is 2. The van der Waals surface area contributed by atoms with Crippen LogP contribution in [0.3, 0.4) is 0 Å². The van der Waals surface area contributed by atoms with Crippen molar-refractivity contribution in [2.75, 3.05) is 5.73 Å². The number of nitrogen functional groups attached to an aromatic ring is 1. The summed E-state index contributed by atoms with van der Waals surface area (Å²) in [6.45, 7) is 0. The summed E-state index contributed by atoms with van der Waals surface area (Å²) in [5.41, 5.74) is 8.02. The van der Waals surface area contributed by atoms with Crippen LogP contribution in [0.25, 0.3) is 11.1 Å². The van der Waals surface area contributed by atoms with Crippen LogP contribution in [0, 0.1) is 0 Å². The SMILES string of the molecule is Cn1ncc(-c2cccc(CC(F)F)c2)c1N. The van der Waals surface area contributed by atoms with Crippen molar-refractivity contribution in [1.29, 1.82) is 0 Å². The third-order valence-corrected chi connectivity index (χ3v) is 2.61. The Kier molecular flexibility index (Phi) is 3.08. The van der Waals surface area contributed by atoms with E-state index in [2.05, 4.69) is 5.10 Å². The number of alkyl halides is 2. The predicted octanol–water partition coefficient (Wildman–Crippen LogP) is 2.48. The molecule has 17 heavy (non-hydrogen) atoms. The molecule has 3 nitrogen and oxygen atoms in total. The van der Waals surface area contributed by atoms with Crippen molar-refractivity contribution in [3.8, 4) is 11.1 Å². The Bertz CT molecular complexity index is 520. The molecule has 2 N–H and O–H groups in total. The van der Waals surface area contributed by atoms with E-state index in [4.69, 9.17) is 5.73 Å². The topological polar surface area (TPSA) is 43.8 Å². The Morgan fingerprint density at radius 3 is 2.76 bits per heavy atom. The lowest BCUT2D eigenvalue weighted by Gasteiger charge is -2.04. The summed E-state index contributed by atoms with van der Waals surface area (Å²) in [6, 6.07) is 6.99. The molecule has 0 radical (unpaired) electrons. The summed E-state index contributed by atoms with van der Waals surface area (Å²) < 4.78 is 26.1. The summed E-state index contributed by atoms with van der Waals surface area (Å²) in [5.74, 6) is 0.527. The average Bonchev–Trinajstić information content (AvgIpc) is 2.59. The van der Waals surface area contributed by atoms with Gasteiger partial charge in [0.2, 0.25) is 6.43 Å². The Balaban J connectivity index is 2.36. The Labute approximate surface area is 97.9 Å². The van der Waals surface area contributed by atoms with Crippen LogP contribution in [0.4, 0.5) is 14.6 Å². The molecular weight excluding hydrogens is 224 g/mol. The number of nitrogens with zero attached hydrogens (tertiary/aromatic N) is 2. The van der Waals surface area contributed by atoms with E-state index in [9.17, 15) is 8.78 Å². The van der Waals surface area contributed by atoms with Crippen molar-refractivity contribution in [2.24, 2.45) is 7.05 Å². The van der Waals surface area contributed by atoms with Gasteiger partial charge in [0.25, 0.3) is 0 Å². The number of nitrogens with two attached hydrogens (primary N) is 1. The highest BCUT2D eigenvalue weighted by atomic mass is 19.3. The van der Waals surface area contributed by atoms with E-state index in [1.807, 2.05) is 6.07 Å². The number of aryl methyl sites for hydroxylation is 1. The van der Waals surface area contributed by atoms with Gasteiger partial charge in [0.1, 0.15) is 5.82 Å². The fourth-order valence-corrected chi connectivity index (χ4v) is 1.71. The maximum absolute atomic E-state index is 12.3. The van der Waals surface area contributed by atoms with Crippen LogP contribution in [0.5, 0.6) is 0 Å². The van der Waals surface area contributed by atoms with Crippen molar-refractivity contribution in [2.45, 2.75) is 12.8 Å². The molecule has 0 aliphatic rings. The second-order valence-electron chi connectivity index (χ2n) is 3.86. The van der Waals surface area contributed by atoms with Crippen molar-refractivity contribution >= 4 is 5.82 Å². The number of hydrogen-bond acceptors (Lipinski definition) is 2. The zero-order valence-electron chi connectivity index (χ0n) is 9.40. The van der Waals surface area contributed by atoms with Crippen molar-refractivity contribution in [3.63, 3.8) is 0 Å². The van der Waals surface area contributed by atoms with Gasteiger partial charge >= 0.3 is 0 Å². The summed E-state index contributed by atoms with van der Waals surface area (Å²) in [4.78, 5) is 0. The van der Waals surface area contributed by atoms with Gasteiger partial charge in [-0.3, -0.25) is 4.68 Å². The molecule has 0 saturated carbocycles. The molecule has 1 aromatic carbocycles. The summed E-state index contributed by atoms with van der Waals surface area (Å²) in [5, 5.41) is 4.03. The van der Waals surface area contributed by atoms with E-state index in [-0.39, 0.29) is 6.42 Å². The predicted molar refractivity (Wildman–Crippen MR) is 62.8 cm³/mol. The highest BCUT2D eigenvalue weighted by Gasteiger charge is 2.09. The summed E-state index contributed by atoms with van der Waals surface area (Å²) in [6.07, 6.45) is -0.943. The van der Waals surface area contributed by atoms with E-state index >= 15 is 0 Å². The monoisotopic (exact) mass is 237 g/mol. The third kappa shape index (κ3) is 2.43. The number of anilines is 1. The van der Waals surface area contributed by atoms with E-state index < -0.39 is 6.43 Å². The first-order valence-corrected chi connectivity index (χ1v) is 5.23. The van der Waals surface area contributed by atoms with Crippen LogP contribution in [0.2, 0.25) is 0 Å². The fourth-order valence-electron chi connectivity index (χ4n) is 1.71. The highest BCUT2D eigenvalue weighted by molar-refractivity contribution is 5.73. The normalized spacial score (nSPS) is 11.1. The Morgan fingerprint density at radius 1 is 1.41 bits per heavy atom. The van der Waals surface area contributed by atoms with Gasteiger partial charge in [0.05, 0.1) is 6.20 Å². The third-order valence-electron chi connectivity index (χ3n) is 2.61. The lowest BCUT2D eigenvalue weighted by Crippen LogP contribution is -1.99. The second kappa shape index (κ2) is 4.53. The molecule has 1 heterocycles. The molecular formula is C12H13F2N3. The fraction of sp³-hybridized carbons (Fsp3) is 0.250. The first kappa shape index (κ1) is 11.6. The van der Waals surface area contributed by atoms with Gasteiger partial charge in [0.15, 0.2) is 0 Å². The van der Waals surface area contributed by atoms with Gasteiger partial charge in [-0.15, -0.1) is 0 Å². The van der Waals surface area contributed by atoms with Crippen LogP contribution in [-0.4, -0.2) is 16.2 Å². The maximum atomic E-state index is 12.3. The molecule has 0 unspecified atom stereocenters.